The number of anilines is 2. The standard InChI is InChI=1S/C13H19FN2/c1-2-3-8-16(11-5-6-11)13-7-4-10(14)9-12(13)15/h4,7,9,11H,2-3,5-6,8,15H2,1H3. The van der Waals surface area contributed by atoms with Gasteiger partial charge in [-0.05, 0) is 37.5 Å². The molecule has 16 heavy (non-hydrogen) atoms. The molecular weight excluding hydrogens is 203 g/mol. The van der Waals surface area contributed by atoms with Crippen LogP contribution in [0.1, 0.15) is 32.6 Å². The van der Waals surface area contributed by atoms with Crippen LogP contribution < -0.4 is 10.6 Å². The van der Waals surface area contributed by atoms with Gasteiger partial charge in [-0.3, -0.25) is 0 Å². The predicted octanol–water partition coefficient (Wildman–Crippen LogP) is 3.18. The summed E-state index contributed by atoms with van der Waals surface area (Å²) < 4.78 is 13.0. The van der Waals surface area contributed by atoms with Gasteiger partial charge in [-0.2, -0.15) is 0 Å². The van der Waals surface area contributed by atoms with Crippen molar-refractivity contribution in [2.45, 2.75) is 38.6 Å². The minimum Gasteiger partial charge on any atom is -0.397 e. The Morgan fingerprint density at radius 3 is 2.75 bits per heavy atom. The maximum Gasteiger partial charge on any atom is 0.125 e. The SMILES string of the molecule is CCCCN(c1ccc(F)cc1N)C1CC1. The summed E-state index contributed by atoms with van der Waals surface area (Å²) in [5.74, 6) is -0.257. The summed E-state index contributed by atoms with van der Waals surface area (Å²) in [6, 6.07) is 5.34. The van der Waals surface area contributed by atoms with Crippen molar-refractivity contribution in [1.82, 2.24) is 0 Å². The number of nitrogens with two attached hydrogens (primary N) is 1. The van der Waals surface area contributed by atoms with Gasteiger partial charge in [-0.25, -0.2) is 4.39 Å². The van der Waals surface area contributed by atoms with E-state index in [9.17, 15) is 4.39 Å². The van der Waals surface area contributed by atoms with Crippen LogP contribution >= 0.6 is 0 Å². The smallest absolute Gasteiger partial charge is 0.125 e. The maximum atomic E-state index is 13.0. The highest BCUT2D eigenvalue weighted by Crippen LogP contribution is 2.35. The van der Waals surface area contributed by atoms with Crippen LogP contribution in [0.15, 0.2) is 18.2 Å². The Bertz CT molecular complexity index is 361. The van der Waals surface area contributed by atoms with E-state index in [1.165, 1.54) is 31.4 Å². The summed E-state index contributed by atoms with van der Waals surface area (Å²) in [5.41, 5.74) is 7.43. The molecule has 0 radical (unpaired) electrons. The Morgan fingerprint density at radius 1 is 1.44 bits per heavy atom. The molecule has 0 spiro atoms. The first-order valence-electron chi connectivity index (χ1n) is 6.04. The van der Waals surface area contributed by atoms with Crippen molar-refractivity contribution in [3.05, 3.63) is 24.0 Å². The molecule has 1 fully saturated rings. The molecule has 3 heteroatoms. The summed E-state index contributed by atoms with van der Waals surface area (Å²) in [4.78, 5) is 2.33. The Kier molecular flexibility index (Phi) is 3.32. The second-order valence-corrected chi connectivity index (χ2v) is 4.48. The van der Waals surface area contributed by atoms with Crippen LogP contribution in [0.4, 0.5) is 15.8 Å². The Labute approximate surface area is 96.2 Å². The lowest BCUT2D eigenvalue weighted by Crippen LogP contribution is -2.27. The molecule has 2 nitrogen and oxygen atoms in total. The first-order chi connectivity index (χ1) is 7.72. The average molecular weight is 222 g/mol. The predicted molar refractivity (Wildman–Crippen MR) is 66.1 cm³/mol. The van der Waals surface area contributed by atoms with Crippen molar-refractivity contribution in [2.75, 3.05) is 17.2 Å². The van der Waals surface area contributed by atoms with E-state index in [0.717, 1.165) is 18.7 Å². The first kappa shape index (κ1) is 11.2. The molecule has 1 aromatic rings. The molecular formula is C13H19FN2. The van der Waals surface area contributed by atoms with E-state index in [-0.39, 0.29) is 5.82 Å². The zero-order valence-electron chi connectivity index (χ0n) is 9.75. The number of hydrogen-bond donors (Lipinski definition) is 1. The molecule has 1 saturated carbocycles. The molecule has 1 aliphatic rings. The average Bonchev–Trinajstić information content (AvgIpc) is 3.05. The molecule has 0 atom stereocenters. The molecule has 1 aliphatic carbocycles. The second kappa shape index (κ2) is 4.73. The van der Waals surface area contributed by atoms with Gasteiger partial charge in [0.1, 0.15) is 5.82 Å². The maximum absolute atomic E-state index is 13.0. The van der Waals surface area contributed by atoms with E-state index in [4.69, 9.17) is 5.73 Å². The minimum absolute atomic E-state index is 0.257. The summed E-state index contributed by atoms with van der Waals surface area (Å²) in [5, 5.41) is 0. The number of halogens is 1. The van der Waals surface area contributed by atoms with Crippen LogP contribution in [0.3, 0.4) is 0 Å². The quantitative estimate of drug-likeness (QED) is 0.775. The van der Waals surface area contributed by atoms with Crippen molar-refractivity contribution in [3.63, 3.8) is 0 Å². The van der Waals surface area contributed by atoms with Gasteiger partial charge in [0.25, 0.3) is 0 Å². The highest BCUT2D eigenvalue weighted by atomic mass is 19.1. The molecule has 2 rings (SSSR count). The molecule has 1 aromatic carbocycles. The van der Waals surface area contributed by atoms with Crippen LogP contribution in [-0.4, -0.2) is 12.6 Å². The molecule has 0 saturated heterocycles. The van der Waals surface area contributed by atoms with Crippen molar-refractivity contribution in [2.24, 2.45) is 0 Å². The number of nitrogens with zero attached hydrogens (tertiary/aromatic N) is 1. The third-order valence-electron chi connectivity index (χ3n) is 3.04. The molecule has 2 N–H and O–H groups in total. The lowest BCUT2D eigenvalue weighted by atomic mass is 10.2. The highest BCUT2D eigenvalue weighted by Gasteiger charge is 2.29. The van der Waals surface area contributed by atoms with E-state index in [2.05, 4.69) is 11.8 Å². The van der Waals surface area contributed by atoms with Gasteiger partial charge in [0.15, 0.2) is 0 Å². The largest absolute Gasteiger partial charge is 0.397 e. The first-order valence-corrected chi connectivity index (χ1v) is 6.04. The number of nitrogen functional groups attached to an aromatic ring is 1. The monoisotopic (exact) mass is 222 g/mol. The number of rotatable bonds is 5. The minimum atomic E-state index is -0.257. The molecule has 88 valence electrons. The molecule has 0 aromatic heterocycles. The van der Waals surface area contributed by atoms with E-state index in [1.807, 2.05) is 0 Å². The number of benzene rings is 1. The van der Waals surface area contributed by atoms with Crippen molar-refractivity contribution < 1.29 is 4.39 Å². The van der Waals surface area contributed by atoms with Crippen LogP contribution in [0, 0.1) is 5.82 Å². The van der Waals surface area contributed by atoms with E-state index < -0.39 is 0 Å². The zero-order valence-corrected chi connectivity index (χ0v) is 9.75. The van der Waals surface area contributed by atoms with Gasteiger partial charge in [-0.15, -0.1) is 0 Å². The third kappa shape index (κ3) is 2.46. The van der Waals surface area contributed by atoms with Crippen molar-refractivity contribution in [3.8, 4) is 0 Å². The summed E-state index contributed by atoms with van der Waals surface area (Å²) in [6.45, 7) is 3.20. The van der Waals surface area contributed by atoms with Gasteiger partial charge in [0, 0.05) is 12.6 Å². The summed E-state index contributed by atoms with van der Waals surface area (Å²) in [7, 11) is 0. The molecule has 0 aliphatic heterocycles. The Morgan fingerprint density at radius 2 is 2.19 bits per heavy atom. The van der Waals surface area contributed by atoms with Gasteiger partial charge in [-0.1, -0.05) is 13.3 Å². The molecule has 0 amide bonds. The zero-order chi connectivity index (χ0) is 11.5. The van der Waals surface area contributed by atoms with E-state index in [1.54, 1.807) is 6.07 Å². The lowest BCUT2D eigenvalue weighted by molar-refractivity contribution is 0.627. The third-order valence-corrected chi connectivity index (χ3v) is 3.04. The van der Waals surface area contributed by atoms with E-state index in [0.29, 0.717) is 11.7 Å². The topological polar surface area (TPSA) is 29.3 Å². The highest BCUT2D eigenvalue weighted by molar-refractivity contribution is 5.68. The second-order valence-electron chi connectivity index (χ2n) is 4.48. The summed E-state index contributed by atoms with van der Waals surface area (Å²) in [6.07, 6.45) is 4.80. The van der Waals surface area contributed by atoms with Crippen LogP contribution in [-0.2, 0) is 0 Å². The van der Waals surface area contributed by atoms with Crippen LogP contribution in [0.25, 0.3) is 0 Å². The molecule has 0 unspecified atom stereocenters. The molecule has 0 heterocycles. The fraction of sp³-hybridized carbons (Fsp3) is 0.538. The van der Waals surface area contributed by atoms with Gasteiger partial charge in [0.2, 0.25) is 0 Å². The van der Waals surface area contributed by atoms with Crippen molar-refractivity contribution >= 4 is 11.4 Å². The normalized spacial score (nSPS) is 15.1. The van der Waals surface area contributed by atoms with E-state index >= 15 is 0 Å². The summed E-state index contributed by atoms with van der Waals surface area (Å²) >= 11 is 0. The molecule has 0 bridgehead atoms. The van der Waals surface area contributed by atoms with Gasteiger partial charge in [0.05, 0.1) is 11.4 Å². The fourth-order valence-electron chi connectivity index (χ4n) is 2.00. The fourth-order valence-corrected chi connectivity index (χ4v) is 2.00. The van der Waals surface area contributed by atoms with Crippen LogP contribution in [0.5, 0.6) is 0 Å². The number of unbranched alkanes of at least 4 members (excludes halogenated alkanes) is 1. The van der Waals surface area contributed by atoms with Crippen LogP contribution in [0.2, 0.25) is 0 Å². The lowest BCUT2D eigenvalue weighted by Gasteiger charge is -2.26. The number of hydrogen-bond acceptors (Lipinski definition) is 2. The Hall–Kier alpha value is -1.25. The van der Waals surface area contributed by atoms with Gasteiger partial charge >= 0.3 is 0 Å². The van der Waals surface area contributed by atoms with Gasteiger partial charge < -0.3 is 10.6 Å². The van der Waals surface area contributed by atoms with Crippen molar-refractivity contribution in [1.29, 1.82) is 0 Å². The Balaban J connectivity index is 2.17.